The fraction of sp³-hybridized carbons (Fsp3) is 0.333. The standard InChI is InChI=1S/C15H17BrN2O2S2/c1-9-6-7-21-12(9)8-18(3)15(20)10(2)17-14(19)11-4-5-13(16)22-11/h4-7,10H,8H2,1-3H3,(H,17,19). The van der Waals surface area contributed by atoms with E-state index in [9.17, 15) is 9.59 Å². The predicted octanol–water partition coefficient (Wildman–Crippen LogP) is 3.66. The molecule has 2 heterocycles. The second kappa shape index (κ2) is 7.39. The smallest absolute Gasteiger partial charge is 0.262 e. The van der Waals surface area contributed by atoms with E-state index in [1.807, 2.05) is 24.4 Å². The minimum atomic E-state index is -0.557. The van der Waals surface area contributed by atoms with Gasteiger partial charge in [0.05, 0.1) is 15.2 Å². The van der Waals surface area contributed by atoms with Crippen LogP contribution >= 0.6 is 38.6 Å². The number of likely N-dealkylation sites (N-methyl/N-ethyl adjacent to an activating group) is 1. The Morgan fingerprint density at radius 3 is 2.64 bits per heavy atom. The van der Waals surface area contributed by atoms with Crippen molar-refractivity contribution in [1.29, 1.82) is 0 Å². The number of carbonyl (C=O) groups excluding carboxylic acids is 2. The Morgan fingerprint density at radius 1 is 1.36 bits per heavy atom. The molecule has 0 saturated heterocycles. The zero-order chi connectivity index (χ0) is 16.3. The average Bonchev–Trinajstić information content (AvgIpc) is 3.07. The van der Waals surface area contributed by atoms with Crippen LogP contribution in [-0.2, 0) is 11.3 Å². The minimum absolute atomic E-state index is 0.100. The molecule has 0 saturated carbocycles. The van der Waals surface area contributed by atoms with Gasteiger partial charge in [0.15, 0.2) is 0 Å². The molecule has 0 aliphatic carbocycles. The monoisotopic (exact) mass is 400 g/mol. The zero-order valence-electron chi connectivity index (χ0n) is 12.6. The van der Waals surface area contributed by atoms with Crippen molar-refractivity contribution in [2.24, 2.45) is 0 Å². The Labute approximate surface area is 146 Å². The molecular formula is C15H17BrN2O2S2. The van der Waals surface area contributed by atoms with Crippen LogP contribution in [0.25, 0.3) is 0 Å². The largest absolute Gasteiger partial charge is 0.340 e. The maximum absolute atomic E-state index is 12.4. The normalized spacial score (nSPS) is 12.0. The van der Waals surface area contributed by atoms with Crippen molar-refractivity contribution in [2.75, 3.05) is 7.05 Å². The molecule has 2 aromatic rings. The maximum atomic E-state index is 12.4. The van der Waals surface area contributed by atoms with E-state index in [2.05, 4.69) is 21.2 Å². The molecule has 0 fully saturated rings. The fourth-order valence-corrected chi connectivity index (χ4v) is 4.20. The molecule has 0 spiro atoms. The maximum Gasteiger partial charge on any atom is 0.262 e. The molecule has 2 aromatic heterocycles. The van der Waals surface area contributed by atoms with E-state index in [-0.39, 0.29) is 11.8 Å². The van der Waals surface area contributed by atoms with Crippen molar-refractivity contribution >= 4 is 50.4 Å². The minimum Gasteiger partial charge on any atom is -0.340 e. The number of hydrogen-bond acceptors (Lipinski definition) is 4. The molecule has 2 amide bonds. The van der Waals surface area contributed by atoms with Crippen molar-refractivity contribution in [3.63, 3.8) is 0 Å². The summed E-state index contributed by atoms with van der Waals surface area (Å²) in [6.07, 6.45) is 0. The van der Waals surface area contributed by atoms with Gasteiger partial charge in [-0.15, -0.1) is 22.7 Å². The van der Waals surface area contributed by atoms with Gasteiger partial charge in [-0.3, -0.25) is 9.59 Å². The molecule has 0 aliphatic heterocycles. The molecular weight excluding hydrogens is 384 g/mol. The highest BCUT2D eigenvalue weighted by atomic mass is 79.9. The summed E-state index contributed by atoms with van der Waals surface area (Å²) in [7, 11) is 1.76. The SMILES string of the molecule is Cc1ccsc1CN(C)C(=O)C(C)NC(=O)c1ccc(Br)s1. The first-order valence-corrected chi connectivity index (χ1v) is 9.21. The summed E-state index contributed by atoms with van der Waals surface area (Å²) < 4.78 is 0.891. The molecule has 0 radical (unpaired) electrons. The third-order valence-corrected chi connectivity index (χ3v) is 5.87. The Balaban J connectivity index is 1.94. The van der Waals surface area contributed by atoms with Crippen LogP contribution in [0.2, 0.25) is 0 Å². The van der Waals surface area contributed by atoms with E-state index in [0.29, 0.717) is 11.4 Å². The van der Waals surface area contributed by atoms with Gasteiger partial charge in [0.2, 0.25) is 5.91 Å². The van der Waals surface area contributed by atoms with Crippen LogP contribution < -0.4 is 5.32 Å². The molecule has 7 heteroatoms. The van der Waals surface area contributed by atoms with Crippen LogP contribution in [0.4, 0.5) is 0 Å². The predicted molar refractivity (Wildman–Crippen MR) is 94.5 cm³/mol. The second-order valence-corrected chi connectivity index (χ2v) is 8.48. The average molecular weight is 401 g/mol. The highest BCUT2D eigenvalue weighted by Crippen LogP contribution is 2.22. The van der Waals surface area contributed by atoms with E-state index in [4.69, 9.17) is 0 Å². The van der Waals surface area contributed by atoms with Gasteiger partial charge in [0.25, 0.3) is 5.91 Å². The highest BCUT2D eigenvalue weighted by Gasteiger charge is 2.21. The van der Waals surface area contributed by atoms with Crippen LogP contribution in [0.3, 0.4) is 0 Å². The van der Waals surface area contributed by atoms with E-state index in [1.54, 1.807) is 36.3 Å². The molecule has 22 heavy (non-hydrogen) atoms. The van der Waals surface area contributed by atoms with E-state index >= 15 is 0 Å². The number of thiophene rings is 2. The molecule has 1 unspecified atom stereocenters. The van der Waals surface area contributed by atoms with Gasteiger partial charge >= 0.3 is 0 Å². The van der Waals surface area contributed by atoms with Crippen molar-refractivity contribution in [3.8, 4) is 0 Å². The quantitative estimate of drug-likeness (QED) is 0.832. The molecule has 118 valence electrons. The molecule has 1 N–H and O–H groups in total. The fourth-order valence-electron chi connectivity index (χ4n) is 1.96. The number of hydrogen-bond donors (Lipinski definition) is 1. The lowest BCUT2D eigenvalue weighted by Crippen LogP contribution is -2.45. The molecule has 1 atom stereocenters. The first-order valence-electron chi connectivity index (χ1n) is 6.72. The number of amides is 2. The molecule has 4 nitrogen and oxygen atoms in total. The number of halogens is 1. The third-order valence-electron chi connectivity index (χ3n) is 3.24. The lowest BCUT2D eigenvalue weighted by molar-refractivity contribution is -0.132. The third kappa shape index (κ3) is 4.18. The molecule has 0 bridgehead atoms. The summed E-state index contributed by atoms with van der Waals surface area (Å²) in [6, 6.07) is 5.04. The van der Waals surface area contributed by atoms with Gasteiger partial charge < -0.3 is 10.2 Å². The van der Waals surface area contributed by atoms with Gasteiger partial charge in [-0.1, -0.05) is 0 Å². The van der Waals surface area contributed by atoms with Gasteiger partial charge in [-0.25, -0.2) is 0 Å². The summed E-state index contributed by atoms with van der Waals surface area (Å²) in [5.74, 6) is -0.325. The number of carbonyl (C=O) groups is 2. The van der Waals surface area contributed by atoms with Crippen molar-refractivity contribution in [1.82, 2.24) is 10.2 Å². The number of nitrogens with one attached hydrogen (secondary N) is 1. The summed E-state index contributed by atoms with van der Waals surface area (Å²) in [5, 5.41) is 4.76. The van der Waals surface area contributed by atoms with E-state index in [0.717, 1.165) is 8.66 Å². The summed E-state index contributed by atoms with van der Waals surface area (Å²) in [6.45, 7) is 4.30. The van der Waals surface area contributed by atoms with Crippen molar-refractivity contribution in [3.05, 3.63) is 42.7 Å². The first kappa shape index (κ1) is 17.2. The Morgan fingerprint density at radius 2 is 2.09 bits per heavy atom. The van der Waals surface area contributed by atoms with E-state index in [1.165, 1.54) is 16.9 Å². The topological polar surface area (TPSA) is 49.4 Å². The number of nitrogens with zero attached hydrogens (tertiary/aromatic N) is 1. The van der Waals surface area contributed by atoms with Crippen LogP contribution in [0.15, 0.2) is 27.4 Å². The lowest BCUT2D eigenvalue weighted by atomic mass is 10.2. The molecule has 0 aliphatic rings. The zero-order valence-corrected chi connectivity index (χ0v) is 15.8. The summed E-state index contributed by atoms with van der Waals surface area (Å²) in [5.41, 5.74) is 1.18. The Hall–Kier alpha value is -1.18. The Bertz CT molecular complexity index is 681. The summed E-state index contributed by atoms with van der Waals surface area (Å²) in [4.78, 5) is 27.8. The first-order chi connectivity index (χ1) is 10.4. The Kier molecular flexibility index (Phi) is 5.77. The number of rotatable bonds is 5. The lowest BCUT2D eigenvalue weighted by Gasteiger charge is -2.21. The van der Waals surface area contributed by atoms with E-state index < -0.39 is 6.04 Å². The van der Waals surface area contributed by atoms with Crippen molar-refractivity contribution < 1.29 is 9.59 Å². The highest BCUT2D eigenvalue weighted by molar-refractivity contribution is 9.11. The molecule has 0 aromatic carbocycles. The number of aryl methyl sites for hydroxylation is 1. The van der Waals surface area contributed by atoms with Gasteiger partial charge in [-0.2, -0.15) is 0 Å². The van der Waals surface area contributed by atoms with Crippen LogP contribution in [-0.4, -0.2) is 29.8 Å². The van der Waals surface area contributed by atoms with Crippen molar-refractivity contribution in [2.45, 2.75) is 26.4 Å². The summed E-state index contributed by atoms with van der Waals surface area (Å²) >= 11 is 6.30. The van der Waals surface area contributed by atoms with Crippen LogP contribution in [0.1, 0.15) is 27.0 Å². The van der Waals surface area contributed by atoms with Crippen LogP contribution in [0.5, 0.6) is 0 Å². The second-order valence-electron chi connectivity index (χ2n) is 5.02. The van der Waals surface area contributed by atoms with Gasteiger partial charge in [-0.05, 0) is 58.9 Å². The van der Waals surface area contributed by atoms with Gasteiger partial charge in [0.1, 0.15) is 6.04 Å². The van der Waals surface area contributed by atoms with Crippen LogP contribution in [0, 0.1) is 6.92 Å². The molecule has 2 rings (SSSR count). The van der Waals surface area contributed by atoms with Gasteiger partial charge in [0, 0.05) is 11.9 Å².